The minimum Gasteiger partial charge on any atom is -0.402 e. The quantitative estimate of drug-likeness (QED) is 0.240. The first-order chi connectivity index (χ1) is 16.4. The first kappa shape index (κ1) is 22.1. The molecule has 0 radical (unpaired) electrons. The molecular formula is C29H24N2O2S. The third kappa shape index (κ3) is 4.66. The molecule has 0 bridgehead atoms. The molecule has 0 amide bonds. The number of pyridine rings is 1. The number of esters is 1. The van der Waals surface area contributed by atoms with Gasteiger partial charge in [0, 0.05) is 21.4 Å². The van der Waals surface area contributed by atoms with E-state index < -0.39 is 5.97 Å². The van der Waals surface area contributed by atoms with Crippen LogP contribution in [0.25, 0.3) is 17.0 Å². The summed E-state index contributed by atoms with van der Waals surface area (Å²) in [6.45, 7) is 6.50. The molecule has 0 atom stereocenters. The Morgan fingerprint density at radius 1 is 0.882 bits per heavy atom. The van der Waals surface area contributed by atoms with Crippen LogP contribution in [0.5, 0.6) is 0 Å². The van der Waals surface area contributed by atoms with E-state index in [1.54, 1.807) is 17.8 Å². The summed E-state index contributed by atoms with van der Waals surface area (Å²) in [6.07, 6.45) is 1.77. The lowest BCUT2D eigenvalue weighted by atomic mass is 9.87. The molecule has 34 heavy (non-hydrogen) atoms. The summed E-state index contributed by atoms with van der Waals surface area (Å²) in [5, 5.41) is 1.81. The van der Waals surface area contributed by atoms with Gasteiger partial charge in [0.25, 0.3) is 0 Å². The van der Waals surface area contributed by atoms with Gasteiger partial charge in [-0.3, -0.25) is 0 Å². The van der Waals surface area contributed by atoms with Gasteiger partial charge in [0.05, 0.1) is 5.52 Å². The Balaban J connectivity index is 1.53. The van der Waals surface area contributed by atoms with Crippen molar-refractivity contribution in [3.8, 4) is 0 Å². The maximum atomic E-state index is 12.7. The van der Waals surface area contributed by atoms with E-state index in [4.69, 9.17) is 9.72 Å². The van der Waals surface area contributed by atoms with Gasteiger partial charge in [-0.15, -0.1) is 0 Å². The molecule has 0 fully saturated rings. The predicted octanol–water partition coefficient (Wildman–Crippen LogP) is 7.03. The molecule has 5 heteroatoms. The van der Waals surface area contributed by atoms with Crippen molar-refractivity contribution in [2.75, 3.05) is 0 Å². The zero-order valence-electron chi connectivity index (χ0n) is 19.3. The number of aromatic nitrogens is 1. The molecule has 0 saturated heterocycles. The number of carbonyl (C=O) groups is 1. The zero-order chi connectivity index (χ0) is 23.7. The zero-order valence-corrected chi connectivity index (χ0v) is 20.1. The number of rotatable bonds is 4. The number of aliphatic imine (C=N–C) groups is 1. The maximum Gasteiger partial charge on any atom is 0.363 e. The van der Waals surface area contributed by atoms with Crippen molar-refractivity contribution in [3.05, 3.63) is 107 Å². The number of carbonyl (C=O) groups excluding carboxylic acids is 1. The van der Waals surface area contributed by atoms with Gasteiger partial charge >= 0.3 is 5.97 Å². The number of para-hydroxylation sites is 1. The fourth-order valence-electron chi connectivity index (χ4n) is 3.69. The second-order valence-corrected chi connectivity index (χ2v) is 10.2. The largest absolute Gasteiger partial charge is 0.402 e. The molecule has 0 saturated carbocycles. The van der Waals surface area contributed by atoms with Crippen LogP contribution in [0.1, 0.15) is 37.5 Å². The van der Waals surface area contributed by atoms with E-state index >= 15 is 0 Å². The number of cyclic esters (lactones) is 1. The van der Waals surface area contributed by atoms with Crippen LogP contribution in [0.2, 0.25) is 0 Å². The smallest absolute Gasteiger partial charge is 0.363 e. The topological polar surface area (TPSA) is 51.5 Å². The van der Waals surface area contributed by atoms with E-state index in [2.05, 4.69) is 37.9 Å². The second kappa shape index (κ2) is 8.92. The van der Waals surface area contributed by atoms with Gasteiger partial charge in [-0.05, 0) is 53.5 Å². The van der Waals surface area contributed by atoms with Gasteiger partial charge in [0.15, 0.2) is 5.70 Å². The van der Waals surface area contributed by atoms with E-state index in [0.29, 0.717) is 5.90 Å². The van der Waals surface area contributed by atoms with E-state index in [0.717, 1.165) is 32.0 Å². The molecule has 1 aliphatic rings. The lowest BCUT2D eigenvalue weighted by Crippen LogP contribution is -2.11. The van der Waals surface area contributed by atoms with E-state index in [-0.39, 0.29) is 11.1 Å². The average molecular weight is 465 g/mol. The van der Waals surface area contributed by atoms with Crippen LogP contribution in [0.3, 0.4) is 0 Å². The minimum absolute atomic E-state index is 0.0493. The summed E-state index contributed by atoms with van der Waals surface area (Å²) in [4.78, 5) is 23.1. The number of nitrogens with zero attached hydrogens (tertiary/aromatic N) is 2. The molecule has 1 aromatic heterocycles. The second-order valence-electron chi connectivity index (χ2n) is 9.15. The van der Waals surface area contributed by atoms with Crippen molar-refractivity contribution < 1.29 is 9.53 Å². The Labute approximate surface area is 203 Å². The van der Waals surface area contributed by atoms with Crippen LogP contribution in [0, 0.1) is 0 Å². The number of benzene rings is 3. The SMILES string of the molecule is CC(C)(C)c1ccc(C2=N/C(=C/c3cc4ccccc4nc3Sc3ccccc3)C(=O)O2)cc1. The van der Waals surface area contributed by atoms with Crippen molar-refractivity contribution >= 4 is 40.6 Å². The number of ether oxygens (including phenoxy) is 1. The van der Waals surface area contributed by atoms with Crippen LogP contribution in [-0.4, -0.2) is 16.9 Å². The Bertz CT molecular complexity index is 1430. The van der Waals surface area contributed by atoms with Gasteiger partial charge in [-0.1, -0.05) is 81.1 Å². The molecule has 4 aromatic rings. The maximum absolute atomic E-state index is 12.7. The molecule has 0 spiro atoms. The van der Waals surface area contributed by atoms with Crippen molar-refractivity contribution in [1.82, 2.24) is 4.98 Å². The molecule has 4 nitrogen and oxygen atoms in total. The average Bonchev–Trinajstić information content (AvgIpc) is 3.20. The number of hydrogen-bond acceptors (Lipinski definition) is 5. The lowest BCUT2D eigenvalue weighted by Gasteiger charge is -2.18. The molecule has 0 unspecified atom stereocenters. The molecule has 2 heterocycles. The van der Waals surface area contributed by atoms with Crippen LogP contribution in [-0.2, 0) is 14.9 Å². The standard InChI is InChI=1S/C29H24N2O2S/c1-29(2,3)22-15-13-19(14-16-22)26-30-25(28(32)33-26)18-21-17-20-9-7-8-12-24(20)31-27(21)34-23-10-5-4-6-11-23/h4-18H,1-3H3/b25-18+. The fourth-order valence-corrected chi connectivity index (χ4v) is 4.59. The molecule has 168 valence electrons. The fraction of sp³-hybridized carbons (Fsp3) is 0.138. The number of hydrogen-bond donors (Lipinski definition) is 0. The predicted molar refractivity (Wildman–Crippen MR) is 138 cm³/mol. The normalized spacial score (nSPS) is 15.0. The Hall–Kier alpha value is -3.70. The van der Waals surface area contributed by atoms with Crippen LogP contribution < -0.4 is 0 Å². The van der Waals surface area contributed by atoms with Crippen LogP contribution >= 0.6 is 11.8 Å². The van der Waals surface area contributed by atoms with E-state index in [1.807, 2.05) is 72.8 Å². The van der Waals surface area contributed by atoms with Gasteiger partial charge in [0.1, 0.15) is 5.03 Å². The molecule has 5 rings (SSSR count). The highest BCUT2D eigenvalue weighted by Gasteiger charge is 2.25. The van der Waals surface area contributed by atoms with Gasteiger partial charge in [-0.25, -0.2) is 14.8 Å². The highest BCUT2D eigenvalue weighted by atomic mass is 32.2. The molecule has 0 N–H and O–H groups in total. The molecule has 1 aliphatic heterocycles. The van der Waals surface area contributed by atoms with Gasteiger partial charge in [0.2, 0.25) is 5.90 Å². The molecule has 0 aliphatic carbocycles. The summed E-state index contributed by atoms with van der Waals surface area (Å²) in [5.74, 6) is -0.138. The minimum atomic E-state index is -0.460. The summed E-state index contributed by atoms with van der Waals surface area (Å²) in [7, 11) is 0. The highest BCUT2D eigenvalue weighted by Crippen LogP contribution is 2.33. The van der Waals surface area contributed by atoms with Crippen LogP contribution in [0.4, 0.5) is 0 Å². The van der Waals surface area contributed by atoms with Crippen molar-refractivity contribution in [1.29, 1.82) is 0 Å². The third-order valence-corrected chi connectivity index (χ3v) is 6.61. The molecular weight excluding hydrogens is 440 g/mol. The first-order valence-corrected chi connectivity index (χ1v) is 11.9. The monoisotopic (exact) mass is 464 g/mol. The Morgan fingerprint density at radius 3 is 2.32 bits per heavy atom. The third-order valence-electron chi connectivity index (χ3n) is 5.59. The Morgan fingerprint density at radius 2 is 1.59 bits per heavy atom. The van der Waals surface area contributed by atoms with E-state index in [9.17, 15) is 4.79 Å². The summed E-state index contributed by atoms with van der Waals surface area (Å²) in [5.41, 5.74) is 4.03. The number of fused-ring (bicyclic) bond motifs is 1. The van der Waals surface area contributed by atoms with Gasteiger partial charge in [-0.2, -0.15) is 0 Å². The van der Waals surface area contributed by atoms with Crippen molar-refractivity contribution in [2.45, 2.75) is 36.1 Å². The van der Waals surface area contributed by atoms with Crippen molar-refractivity contribution in [2.24, 2.45) is 4.99 Å². The lowest BCUT2D eigenvalue weighted by molar-refractivity contribution is -0.129. The van der Waals surface area contributed by atoms with Gasteiger partial charge < -0.3 is 4.74 Å². The Kier molecular flexibility index (Phi) is 5.80. The summed E-state index contributed by atoms with van der Waals surface area (Å²) < 4.78 is 5.52. The highest BCUT2D eigenvalue weighted by molar-refractivity contribution is 7.99. The summed E-state index contributed by atoms with van der Waals surface area (Å²) in [6, 6.07) is 28.1. The first-order valence-electron chi connectivity index (χ1n) is 11.1. The van der Waals surface area contributed by atoms with E-state index in [1.165, 1.54) is 5.56 Å². The molecule has 3 aromatic carbocycles. The van der Waals surface area contributed by atoms with Crippen LogP contribution in [0.15, 0.2) is 106 Å². The van der Waals surface area contributed by atoms with Crippen molar-refractivity contribution in [3.63, 3.8) is 0 Å². The summed E-state index contributed by atoms with van der Waals surface area (Å²) >= 11 is 1.56.